The van der Waals surface area contributed by atoms with Crippen LogP contribution in [0.3, 0.4) is 0 Å². The van der Waals surface area contributed by atoms with E-state index in [1.54, 1.807) is 25.3 Å². The van der Waals surface area contributed by atoms with Crippen LogP contribution >= 0.6 is 0 Å². The topological polar surface area (TPSA) is 21.3 Å². The highest BCUT2D eigenvalue weighted by Gasteiger charge is 2.25. The maximum Gasteiger partial charge on any atom is 0.390 e. The van der Waals surface area contributed by atoms with Gasteiger partial charge in [-0.1, -0.05) is 12.1 Å². The molecule has 0 heterocycles. The van der Waals surface area contributed by atoms with Crippen LogP contribution in [0.4, 0.5) is 18.9 Å². The molecule has 2 nitrogen and oxygen atoms in total. The Balaban J connectivity index is 2.44. The molecule has 0 amide bonds. The van der Waals surface area contributed by atoms with Crippen molar-refractivity contribution in [1.82, 2.24) is 0 Å². The maximum atomic E-state index is 11.9. The van der Waals surface area contributed by atoms with Gasteiger partial charge >= 0.3 is 6.18 Å². The molecule has 0 aromatic heterocycles. The van der Waals surface area contributed by atoms with E-state index in [4.69, 9.17) is 4.74 Å². The van der Waals surface area contributed by atoms with E-state index in [2.05, 4.69) is 5.32 Å². The average molecular weight is 233 g/mol. The second-order valence-electron chi connectivity index (χ2n) is 3.43. The number of halogens is 3. The summed E-state index contributed by atoms with van der Waals surface area (Å²) < 4.78 is 40.6. The number of anilines is 1. The first-order chi connectivity index (χ1) is 7.51. The SMILES string of the molecule is COCc1cccc(NCCC(F)(F)F)c1. The summed E-state index contributed by atoms with van der Waals surface area (Å²) in [5, 5.41) is 2.72. The third-order valence-corrected chi connectivity index (χ3v) is 1.98. The first-order valence-electron chi connectivity index (χ1n) is 4.90. The van der Waals surface area contributed by atoms with E-state index in [1.165, 1.54) is 0 Å². The lowest BCUT2D eigenvalue weighted by atomic mass is 10.2. The molecule has 0 radical (unpaired) electrons. The highest BCUT2D eigenvalue weighted by Crippen LogP contribution is 2.19. The molecule has 0 atom stereocenters. The molecule has 0 aliphatic rings. The van der Waals surface area contributed by atoms with Crippen LogP contribution in [0.15, 0.2) is 24.3 Å². The lowest BCUT2D eigenvalue weighted by Crippen LogP contribution is -2.14. The Labute approximate surface area is 92.4 Å². The van der Waals surface area contributed by atoms with E-state index in [0.717, 1.165) is 5.56 Å². The van der Waals surface area contributed by atoms with Gasteiger partial charge in [-0.05, 0) is 17.7 Å². The van der Waals surface area contributed by atoms with E-state index in [1.807, 2.05) is 6.07 Å². The normalized spacial score (nSPS) is 11.5. The summed E-state index contributed by atoms with van der Waals surface area (Å²) in [5.74, 6) is 0. The molecule has 0 aliphatic heterocycles. The van der Waals surface area contributed by atoms with E-state index in [0.29, 0.717) is 12.3 Å². The molecule has 0 saturated heterocycles. The van der Waals surface area contributed by atoms with Crippen LogP contribution in [0.5, 0.6) is 0 Å². The Bertz CT molecular complexity index is 325. The van der Waals surface area contributed by atoms with Gasteiger partial charge in [0.15, 0.2) is 0 Å². The first kappa shape index (κ1) is 12.8. The molecule has 0 saturated carbocycles. The molecule has 16 heavy (non-hydrogen) atoms. The summed E-state index contributed by atoms with van der Waals surface area (Å²) in [7, 11) is 1.57. The molecule has 1 aromatic rings. The van der Waals surface area contributed by atoms with Gasteiger partial charge < -0.3 is 10.1 Å². The zero-order valence-corrected chi connectivity index (χ0v) is 8.97. The van der Waals surface area contributed by atoms with Crippen molar-refractivity contribution in [1.29, 1.82) is 0 Å². The predicted molar refractivity (Wildman–Crippen MR) is 56.3 cm³/mol. The summed E-state index contributed by atoms with van der Waals surface area (Å²) >= 11 is 0. The molecule has 1 rings (SSSR count). The highest BCUT2D eigenvalue weighted by molar-refractivity contribution is 5.45. The molecular formula is C11H14F3NO. The minimum absolute atomic E-state index is 0.111. The Morgan fingerprint density at radius 3 is 2.69 bits per heavy atom. The summed E-state index contributed by atoms with van der Waals surface area (Å²) in [4.78, 5) is 0. The Hall–Kier alpha value is -1.23. The van der Waals surface area contributed by atoms with E-state index in [-0.39, 0.29) is 6.54 Å². The quantitative estimate of drug-likeness (QED) is 0.843. The number of benzene rings is 1. The Kier molecular flexibility index (Phi) is 4.61. The zero-order valence-electron chi connectivity index (χ0n) is 8.97. The Morgan fingerprint density at radius 2 is 2.06 bits per heavy atom. The monoisotopic (exact) mass is 233 g/mol. The molecule has 1 N–H and O–H groups in total. The van der Waals surface area contributed by atoms with Crippen molar-refractivity contribution in [2.45, 2.75) is 19.2 Å². The lowest BCUT2D eigenvalue weighted by molar-refractivity contribution is -0.131. The van der Waals surface area contributed by atoms with Gasteiger partial charge in [-0.2, -0.15) is 13.2 Å². The standard InChI is InChI=1S/C11H14F3NO/c1-16-8-9-3-2-4-10(7-9)15-6-5-11(12,13)14/h2-4,7,15H,5-6,8H2,1H3. The summed E-state index contributed by atoms with van der Waals surface area (Å²) in [5.41, 5.74) is 1.61. The average Bonchev–Trinajstić information content (AvgIpc) is 2.17. The number of alkyl halides is 3. The molecule has 0 spiro atoms. The van der Waals surface area contributed by atoms with Gasteiger partial charge in [-0.3, -0.25) is 0 Å². The molecule has 1 aromatic carbocycles. The molecule has 5 heteroatoms. The van der Waals surface area contributed by atoms with Crippen LogP contribution in [-0.2, 0) is 11.3 Å². The number of rotatable bonds is 5. The Morgan fingerprint density at radius 1 is 1.31 bits per heavy atom. The predicted octanol–water partition coefficient (Wildman–Crippen LogP) is 3.20. The largest absolute Gasteiger partial charge is 0.390 e. The van der Waals surface area contributed by atoms with Gasteiger partial charge in [0, 0.05) is 19.3 Å². The fourth-order valence-electron chi connectivity index (χ4n) is 1.29. The summed E-state index contributed by atoms with van der Waals surface area (Å²) in [6.45, 7) is 0.342. The molecular weight excluding hydrogens is 219 g/mol. The number of methoxy groups -OCH3 is 1. The number of ether oxygens (including phenoxy) is 1. The van der Waals surface area contributed by atoms with Crippen LogP contribution in [0, 0.1) is 0 Å². The number of nitrogens with one attached hydrogen (secondary N) is 1. The van der Waals surface area contributed by atoms with E-state index >= 15 is 0 Å². The van der Waals surface area contributed by atoms with Crippen LogP contribution in [0.2, 0.25) is 0 Å². The fourth-order valence-corrected chi connectivity index (χ4v) is 1.29. The minimum atomic E-state index is -4.11. The van der Waals surface area contributed by atoms with Gasteiger partial charge in [0.05, 0.1) is 13.0 Å². The number of hydrogen-bond acceptors (Lipinski definition) is 2. The number of hydrogen-bond donors (Lipinski definition) is 1. The smallest absolute Gasteiger partial charge is 0.385 e. The fraction of sp³-hybridized carbons (Fsp3) is 0.455. The van der Waals surface area contributed by atoms with Crippen molar-refractivity contribution in [3.63, 3.8) is 0 Å². The van der Waals surface area contributed by atoms with Crippen LogP contribution in [0.25, 0.3) is 0 Å². The minimum Gasteiger partial charge on any atom is -0.385 e. The molecule has 0 aliphatic carbocycles. The van der Waals surface area contributed by atoms with Crippen molar-refractivity contribution >= 4 is 5.69 Å². The lowest BCUT2D eigenvalue weighted by Gasteiger charge is -2.09. The van der Waals surface area contributed by atoms with Crippen molar-refractivity contribution < 1.29 is 17.9 Å². The van der Waals surface area contributed by atoms with Gasteiger partial charge in [-0.25, -0.2) is 0 Å². The van der Waals surface area contributed by atoms with Crippen molar-refractivity contribution in [2.24, 2.45) is 0 Å². The second-order valence-corrected chi connectivity index (χ2v) is 3.43. The maximum absolute atomic E-state index is 11.9. The van der Waals surface area contributed by atoms with E-state index < -0.39 is 12.6 Å². The first-order valence-corrected chi connectivity index (χ1v) is 4.90. The van der Waals surface area contributed by atoms with Crippen molar-refractivity contribution in [3.8, 4) is 0 Å². The highest BCUT2D eigenvalue weighted by atomic mass is 19.4. The zero-order chi connectivity index (χ0) is 12.0. The van der Waals surface area contributed by atoms with Crippen molar-refractivity contribution in [3.05, 3.63) is 29.8 Å². The van der Waals surface area contributed by atoms with Gasteiger partial charge in [0.25, 0.3) is 0 Å². The molecule has 90 valence electrons. The molecule has 0 bridgehead atoms. The van der Waals surface area contributed by atoms with Gasteiger partial charge in [0.1, 0.15) is 0 Å². The molecule has 0 unspecified atom stereocenters. The summed E-state index contributed by atoms with van der Waals surface area (Å²) in [6, 6.07) is 7.15. The molecule has 0 fully saturated rings. The van der Waals surface area contributed by atoms with Crippen LogP contribution < -0.4 is 5.32 Å². The van der Waals surface area contributed by atoms with E-state index in [9.17, 15) is 13.2 Å². The van der Waals surface area contributed by atoms with Gasteiger partial charge in [-0.15, -0.1) is 0 Å². The third kappa shape index (κ3) is 5.02. The van der Waals surface area contributed by atoms with Crippen LogP contribution in [-0.4, -0.2) is 19.8 Å². The third-order valence-electron chi connectivity index (χ3n) is 1.98. The summed E-state index contributed by atoms with van der Waals surface area (Å²) in [6.07, 6.45) is -4.95. The second kappa shape index (κ2) is 5.75. The van der Waals surface area contributed by atoms with Crippen LogP contribution in [0.1, 0.15) is 12.0 Å². The van der Waals surface area contributed by atoms with Crippen molar-refractivity contribution in [2.75, 3.05) is 19.0 Å². The van der Waals surface area contributed by atoms with Gasteiger partial charge in [0.2, 0.25) is 0 Å².